The molecule has 0 bridgehead atoms. The van der Waals surface area contributed by atoms with Crippen LogP contribution in [-0.4, -0.2) is 0 Å². The number of hydrogen-bond donors (Lipinski definition) is 2. The normalized spacial score (nSPS) is 18.1. The maximum absolute atomic E-state index is 7.16. The van der Waals surface area contributed by atoms with Gasteiger partial charge in [-0.25, -0.2) is 0 Å². The summed E-state index contributed by atoms with van der Waals surface area (Å²) in [5.74, 6) is 0.889. The third-order valence-corrected chi connectivity index (χ3v) is 12.9. The second-order valence-electron chi connectivity index (χ2n) is 16.4. The SMILES string of the molecule is CC1(C)C2=C(C=CCC2)c2ccc(N(c3ccccc3)c3ccc(C4Nc5c(oc6ccccc56)C(c5ccccc5)N4)c4c3oc3ccc5ccccc5c34)cc21. The Morgan fingerprint density at radius 3 is 2.31 bits per heavy atom. The fraction of sp³-hybridized carbons (Fsp3) is 0.132. The highest BCUT2D eigenvalue weighted by Crippen LogP contribution is 2.53. The van der Waals surface area contributed by atoms with E-state index in [0.717, 1.165) is 90.8 Å². The molecule has 0 spiro atoms. The molecule has 3 aliphatic rings. The number of fused-ring (bicyclic) bond motifs is 10. The lowest BCUT2D eigenvalue weighted by Crippen LogP contribution is -2.36. The van der Waals surface area contributed by atoms with Crippen LogP contribution in [0, 0.1) is 0 Å². The van der Waals surface area contributed by atoms with E-state index in [9.17, 15) is 0 Å². The molecule has 0 saturated carbocycles. The van der Waals surface area contributed by atoms with Crippen molar-refractivity contribution >= 4 is 72.0 Å². The number of benzene rings is 7. The van der Waals surface area contributed by atoms with Crippen LogP contribution >= 0.6 is 0 Å². The molecule has 0 radical (unpaired) electrons. The van der Waals surface area contributed by atoms with E-state index < -0.39 is 0 Å². The molecule has 2 N–H and O–H groups in total. The molecule has 5 nitrogen and oxygen atoms in total. The summed E-state index contributed by atoms with van der Waals surface area (Å²) in [4.78, 5) is 2.39. The van der Waals surface area contributed by atoms with Crippen molar-refractivity contribution in [1.29, 1.82) is 0 Å². The minimum Gasteiger partial charge on any atom is -0.457 e. The Morgan fingerprint density at radius 1 is 0.672 bits per heavy atom. The van der Waals surface area contributed by atoms with Crippen LogP contribution in [0.25, 0.3) is 49.3 Å². The van der Waals surface area contributed by atoms with Crippen molar-refractivity contribution in [3.8, 4) is 0 Å². The largest absolute Gasteiger partial charge is 0.457 e. The van der Waals surface area contributed by atoms with Gasteiger partial charge in [-0.15, -0.1) is 0 Å². The van der Waals surface area contributed by atoms with E-state index in [1.54, 1.807) is 5.57 Å². The van der Waals surface area contributed by atoms with Crippen molar-refractivity contribution in [3.63, 3.8) is 0 Å². The van der Waals surface area contributed by atoms with Gasteiger partial charge in [-0.2, -0.15) is 0 Å². The van der Waals surface area contributed by atoms with Crippen LogP contribution in [0.15, 0.2) is 178 Å². The van der Waals surface area contributed by atoms with Crippen LogP contribution in [-0.2, 0) is 5.41 Å². The van der Waals surface area contributed by atoms with Crippen LogP contribution in [0.5, 0.6) is 0 Å². The summed E-state index contributed by atoms with van der Waals surface area (Å²) in [5, 5.41) is 13.5. The standard InChI is InChI=1S/C53H41N3O2/c1-53(2)41-23-13-11-21-37(41)38-27-26-35(31-42(38)53)56(34-18-7-4-8-19-34)43-29-28-40(47-46-36-20-10-9-15-32(36)25-30-45(46)58-50(43)47)52-54-48(33-16-5-3-6-17-33)51-49(55-52)39-22-12-14-24-44(39)57-51/h3-12,14-22,24-31,48,52,54-55H,13,23H2,1-2H3. The smallest absolute Gasteiger partial charge is 0.159 e. The van der Waals surface area contributed by atoms with Crippen LogP contribution in [0.1, 0.15) is 66.9 Å². The maximum atomic E-state index is 7.16. The molecule has 0 amide bonds. The average Bonchev–Trinajstić information content (AvgIpc) is 3.93. The Kier molecular flexibility index (Phi) is 7.24. The Balaban J connectivity index is 1.10. The van der Waals surface area contributed by atoms with Gasteiger partial charge in [0.15, 0.2) is 5.58 Å². The fourth-order valence-electron chi connectivity index (χ4n) is 10.1. The minimum absolute atomic E-state index is 0.0605. The van der Waals surface area contributed by atoms with Crippen molar-refractivity contribution in [1.82, 2.24) is 5.32 Å². The number of nitrogens with zero attached hydrogens (tertiary/aromatic N) is 1. The molecular formula is C53H41N3O2. The molecule has 2 unspecified atom stereocenters. The highest BCUT2D eigenvalue weighted by atomic mass is 16.3. The molecule has 58 heavy (non-hydrogen) atoms. The van der Waals surface area contributed by atoms with Gasteiger partial charge < -0.3 is 19.1 Å². The van der Waals surface area contributed by atoms with E-state index in [2.05, 4.69) is 187 Å². The van der Waals surface area contributed by atoms with E-state index in [0.29, 0.717) is 0 Å². The number of furan rings is 2. The van der Waals surface area contributed by atoms with Gasteiger partial charge in [-0.1, -0.05) is 135 Å². The molecule has 7 aromatic carbocycles. The Bertz CT molecular complexity index is 3170. The molecule has 9 aromatic rings. The van der Waals surface area contributed by atoms with Crippen molar-refractivity contribution in [3.05, 3.63) is 197 Å². The van der Waals surface area contributed by atoms with Gasteiger partial charge in [0.2, 0.25) is 0 Å². The molecule has 3 heterocycles. The summed E-state index contributed by atoms with van der Waals surface area (Å²) < 4.78 is 13.8. The van der Waals surface area contributed by atoms with Crippen LogP contribution in [0.3, 0.4) is 0 Å². The molecule has 0 fully saturated rings. The lowest BCUT2D eigenvalue weighted by Gasteiger charge is -2.33. The Labute approximate surface area is 336 Å². The molecule has 2 atom stereocenters. The lowest BCUT2D eigenvalue weighted by molar-refractivity contribution is 0.423. The summed E-state index contributed by atoms with van der Waals surface area (Å²) in [5.41, 5.74) is 14.6. The molecule has 2 aliphatic carbocycles. The fourth-order valence-corrected chi connectivity index (χ4v) is 10.1. The van der Waals surface area contributed by atoms with E-state index in [4.69, 9.17) is 8.83 Å². The van der Waals surface area contributed by atoms with Crippen molar-refractivity contribution in [2.24, 2.45) is 0 Å². The summed E-state index contributed by atoms with van der Waals surface area (Å²) in [6.45, 7) is 4.78. The van der Waals surface area contributed by atoms with Gasteiger partial charge in [0.1, 0.15) is 23.1 Å². The van der Waals surface area contributed by atoms with E-state index >= 15 is 0 Å². The van der Waals surface area contributed by atoms with Gasteiger partial charge in [0.25, 0.3) is 0 Å². The van der Waals surface area contributed by atoms with Crippen molar-refractivity contribution < 1.29 is 8.83 Å². The zero-order chi connectivity index (χ0) is 38.5. The highest BCUT2D eigenvalue weighted by Gasteiger charge is 2.39. The first-order valence-electron chi connectivity index (χ1n) is 20.4. The van der Waals surface area contributed by atoms with Gasteiger partial charge >= 0.3 is 0 Å². The monoisotopic (exact) mass is 751 g/mol. The zero-order valence-electron chi connectivity index (χ0n) is 32.4. The van der Waals surface area contributed by atoms with E-state index in [1.807, 2.05) is 6.07 Å². The minimum atomic E-state index is -0.272. The first kappa shape index (κ1) is 33.3. The Morgan fingerprint density at radius 2 is 1.45 bits per heavy atom. The van der Waals surface area contributed by atoms with Crippen LogP contribution < -0.4 is 15.5 Å². The molecule has 1 aliphatic heterocycles. The lowest BCUT2D eigenvalue weighted by atomic mass is 9.78. The summed E-state index contributed by atoms with van der Waals surface area (Å²) >= 11 is 0. The number of rotatable bonds is 5. The molecule has 12 rings (SSSR count). The van der Waals surface area contributed by atoms with Crippen molar-refractivity contribution in [2.45, 2.75) is 44.3 Å². The first-order valence-corrected chi connectivity index (χ1v) is 20.4. The third-order valence-electron chi connectivity index (χ3n) is 12.9. The summed E-state index contributed by atoms with van der Waals surface area (Å²) in [6, 6.07) is 54.0. The number of anilines is 4. The highest BCUT2D eigenvalue weighted by molar-refractivity contribution is 6.22. The van der Waals surface area contributed by atoms with Crippen molar-refractivity contribution in [2.75, 3.05) is 10.2 Å². The van der Waals surface area contributed by atoms with Gasteiger partial charge in [-0.05, 0) is 94.4 Å². The third kappa shape index (κ3) is 4.87. The van der Waals surface area contributed by atoms with Gasteiger partial charge in [0.05, 0.1) is 17.4 Å². The maximum Gasteiger partial charge on any atom is 0.159 e. The quantitative estimate of drug-likeness (QED) is 0.183. The van der Waals surface area contributed by atoms with E-state index in [-0.39, 0.29) is 17.6 Å². The number of para-hydroxylation sites is 2. The second kappa shape index (κ2) is 12.6. The predicted octanol–water partition coefficient (Wildman–Crippen LogP) is 14.2. The topological polar surface area (TPSA) is 53.6 Å². The van der Waals surface area contributed by atoms with Crippen LogP contribution in [0.2, 0.25) is 0 Å². The van der Waals surface area contributed by atoms with Gasteiger partial charge in [-0.3, -0.25) is 5.32 Å². The molecule has 5 heteroatoms. The van der Waals surface area contributed by atoms with Gasteiger partial charge in [0, 0.05) is 38.5 Å². The summed E-state index contributed by atoms with van der Waals surface area (Å²) in [6.07, 6.45) is 6.59. The summed E-state index contributed by atoms with van der Waals surface area (Å²) in [7, 11) is 0. The Hall–Kier alpha value is -6.82. The van der Waals surface area contributed by atoms with E-state index in [1.165, 1.54) is 22.1 Å². The zero-order valence-corrected chi connectivity index (χ0v) is 32.4. The predicted molar refractivity (Wildman–Crippen MR) is 238 cm³/mol. The number of hydrogen-bond acceptors (Lipinski definition) is 5. The number of allylic oxidation sites excluding steroid dienone is 4. The molecule has 280 valence electrons. The average molecular weight is 752 g/mol. The molecular weight excluding hydrogens is 711 g/mol. The van der Waals surface area contributed by atoms with Crippen LogP contribution in [0.4, 0.5) is 22.7 Å². The molecule has 0 saturated heterocycles. The second-order valence-corrected chi connectivity index (χ2v) is 16.4. The first-order chi connectivity index (χ1) is 28.5. The number of nitrogens with one attached hydrogen (secondary N) is 2. The molecule has 2 aromatic heterocycles.